The fourth-order valence-electron chi connectivity index (χ4n) is 2.80. The van der Waals surface area contributed by atoms with E-state index in [9.17, 15) is 9.59 Å². The molecule has 0 saturated carbocycles. The van der Waals surface area contributed by atoms with Gasteiger partial charge in [0, 0.05) is 23.4 Å². The Hall–Kier alpha value is -3.11. The largest absolute Gasteiger partial charge is 0.455 e. The van der Waals surface area contributed by atoms with Gasteiger partial charge in [0.15, 0.2) is 11.5 Å². The van der Waals surface area contributed by atoms with Crippen molar-refractivity contribution < 1.29 is 14.3 Å². The van der Waals surface area contributed by atoms with Crippen molar-refractivity contribution >= 4 is 29.0 Å². The topological polar surface area (TPSA) is 55.4 Å². The summed E-state index contributed by atoms with van der Waals surface area (Å²) in [5, 5.41) is 3.28. The fraction of sp³-hybridized carbons (Fsp3) is 0.167. The standard InChI is InChI=1S/C24H22ClNO3/c1-16-8-9-18(14-17(16)2)22(27)11-13-24(28)26-21-15-19(25)10-12-23(21)29-20-6-4-3-5-7-20/h3-10,12,14-15H,11,13H2,1-2H3,(H,26,28). The maximum absolute atomic E-state index is 12.4. The number of halogens is 1. The van der Waals surface area contributed by atoms with Crippen molar-refractivity contribution in [2.24, 2.45) is 0 Å². The van der Waals surface area contributed by atoms with E-state index in [4.69, 9.17) is 16.3 Å². The molecule has 0 aromatic heterocycles. The van der Waals surface area contributed by atoms with Crippen LogP contribution >= 0.6 is 11.6 Å². The molecule has 4 nitrogen and oxygen atoms in total. The number of ether oxygens (including phenoxy) is 1. The molecule has 0 aliphatic rings. The number of amides is 1. The molecule has 0 heterocycles. The third-order valence-electron chi connectivity index (χ3n) is 4.59. The molecule has 0 spiro atoms. The van der Waals surface area contributed by atoms with Gasteiger partial charge in [-0.1, -0.05) is 41.9 Å². The summed E-state index contributed by atoms with van der Waals surface area (Å²) in [5.74, 6) is 0.794. The number of carbonyl (C=O) groups excluding carboxylic acids is 2. The van der Waals surface area contributed by atoms with Crippen molar-refractivity contribution in [3.8, 4) is 11.5 Å². The molecular formula is C24H22ClNO3. The second-order valence-corrected chi connectivity index (χ2v) is 7.26. The highest BCUT2D eigenvalue weighted by molar-refractivity contribution is 6.31. The van der Waals surface area contributed by atoms with Crippen LogP contribution in [0.4, 0.5) is 5.69 Å². The molecule has 3 aromatic carbocycles. The second-order valence-electron chi connectivity index (χ2n) is 6.83. The molecule has 0 bridgehead atoms. The van der Waals surface area contributed by atoms with Gasteiger partial charge in [0.2, 0.25) is 5.91 Å². The molecule has 1 N–H and O–H groups in total. The van der Waals surface area contributed by atoms with Crippen LogP contribution in [0.1, 0.15) is 34.3 Å². The molecule has 1 amide bonds. The Balaban J connectivity index is 1.64. The lowest BCUT2D eigenvalue weighted by molar-refractivity contribution is -0.116. The van der Waals surface area contributed by atoms with Gasteiger partial charge in [0.05, 0.1) is 5.69 Å². The number of aryl methyl sites for hydroxylation is 2. The summed E-state index contributed by atoms with van der Waals surface area (Å²) in [6.07, 6.45) is 0.201. The molecule has 3 rings (SSSR count). The Morgan fingerprint density at radius 3 is 2.38 bits per heavy atom. The Bertz CT molecular complexity index is 1030. The first kappa shape index (κ1) is 20.6. The lowest BCUT2D eigenvalue weighted by Gasteiger charge is -2.13. The summed E-state index contributed by atoms with van der Waals surface area (Å²) < 4.78 is 5.84. The normalized spacial score (nSPS) is 10.4. The molecule has 0 aliphatic carbocycles. The number of benzene rings is 3. The van der Waals surface area contributed by atoms with Crippen LogP contribution in [0.15, 0.2) is 66.7 Å². The number of hydrogen-bond acceptors (Lipinski definition) is 3. The molecule has 3 aromatic rings. The molecule has 0 fully saturated rings. The monoisotopic (exact) mass is 407 g/mol. The zero-order valence-corrected chi connectivity index (χ0v) is 17.1. The summed E-state index contributed by atoms with van der Waals surface area (Å²) in [4.78, 5) is 24.8. The minimum atomic E-state index is -0.276. The van der Waals surface area contributed by atoms with E-state index in [1.54, 1.807) is 24.3 Å². The van der Waals surface area contributed by atoms with E-state index in [-0.39, 0.29) is 24.5 Å². The summed E-state index contributed by atoms with van der Waals surface area (Å²) in [6.45, 7) is 3.96. The summed E-state index contributed by atoms with van der Waals surface area (Å²) in [5.41, 5.74) is 3.27. The molecule has 0 atom stereocenters. The maximum atomic E-state index is 12.4. The van der Waals surface area contributed by atoms with E-state index < -0.39 is 0 Å². The van der Waals surface area contributed by atoms with E-state index in [1.165, 1.54) is 0 Å². The van der Waals surface area contributed by atoms with E-state index in [2.05, 4.69) is 5.32 Å². The van der Waals surface area contributed by atoms with Crippen LogP contribution in [0.3, 0.4) is 0 Å². The van der Waals surface area contributed by atoms with Crippen LogP contribution in [-0.4, -0.2) is 11.7 Å². The highest BCUT2D eigenvalue weighted by Gasteiger charge is 2.13. The summed E-state index contributed by atoms with van der Waals surface area (Å²) in [7, 11) is 0. The van der Waals surface area contributed by atoms with Gasteiger partial charge in [-0.25, -0.2) is 0 Å². The molecule has 0 unspecified atom stereocenters. The minimum Gasteiger partial charge on any atom is -0.455 e. The highest BCUT2D eigenvalue weighted by atomic mass is 35.5. The summed E-state index contributed by atoms with van der Waals surface area (Å²) >= 11 is 6.08. The van der Waals surface area contributed by atoms with Crippen molar-refractivity contribution in [2.45, 2.75) is 26.7 Å². The number of rotatable bonds is 7. The van der Waals surface area contributed by atoms with Crippen LogP contribution in [-0.2, 0) is 4.79 Å². The van der Waals surface area contributed by atoms with Crippen molar-refractivity contribution in [2.75, 3.05) is 5.32 Å². The van der Waals surface area contributed by atoms with Gasteiger partial charge in [-0.2, -0.15) is 0 Å². The zero-order valence-electron chi connectivity index (χ0n) is 16.4. The third kappa shape index (κ3) is 5.69. The SMILES string of the molecule is Cc1ccc(C(=O)CCC(=O)Nc2cc(Cl)ccc2Oc2ccccc2)cc1C. The van der Waals surface area contributed by atoms with E-state index >= 15 is 0 Å². The maximum Gasteiger partial charge on any atom is 0.224 e. The van der Waals surface area contributed by atoms with E-state index in [1.807, 2.05) is 56.3 Å². The van der Waals surface area contributed by atoms with Crippen LogP contribution in [0.5, 0.6) is 11.5 Å². The minimum absolute atomic E-state index is 0.0601. The van der Waals surface area contributed by atoms with Crippen LogP contribution in [0, 0.1) is 13.8 Å². The molecule has 5 heteroatoms. The number of Topliss-reactive ketones (excluding diaryl/α,β-unsaturated/α-hetero) is 1. The molecule has 0 saturated heterocycles. The molecule has 0 radical (unpaired) electrons. The Kier molecular flexibility index (Phi) is 6.68. The van der Waals surface area contributed by atoms with Gasteiger partial charge < -0.3 is 10.1 Å². The fourth-order valence-corrected chi connectivity index (χ4v) is 2.98. The average molecular weight is 408 g/mol. The van der Waals surface area contributed by atoms with Crippen molar-refractivity contribution in [3.05, 3.63) is 88.4 Å². The van der Waals surface area contributed by atoms with Crippen molar-refractivity contribution in [3.63, 3.8) is 0 Å². The Labute approximate surface area is 175 Å². The number of nitrogens with one attached hydrogen (secondary N) is 1. The van der Waals surface area contributed by atoms with Gasteiger partial charge >= 0.3 is 0 Å². The highest BCUT2D eigenvalue weighted by Crippen LogP contribution is 2.32. The second kappa shape index (κ2) is 9.39. The zero-order chi connectivity index (χ0) is 20.8. The first-order valence-corrected chi connectivity index (χ1v) is 9.73. The van der Waals surface area contributed by atoms with Gasteiger partial charge in [-0.3, -0.25) is 9.59 Å². The predicted octanol–water partition coefficient (Wildman–Crippen LogP) is 6.35. The van der Waals surface area contributed by atoms with Gasteiger partial charge in [0.1, 0.15) is 5.75 Å². The quantitative estimate of drug-likeness (QED) is 0.464. The Morgan fingerprint density at radius 2 is 1.66 bits per heavy atom. The first-order chi connectivity index (χ1) is 13.9. The first-order valence-electron chi connectivity index (χ1n) is 9.35. The van der Waals surface area contributed by atoms with E-state index in [0.29, 0.717) is 27.8 Å². The molecule has 29 heavy (non-hydrogen) atoms. The molecule has 0 aliphatic heterocycles. The number of ketones is 1. The number of para-hydroxylation sites is 1. The number of hydrogen-bond donors (Lipinski definition) is 1. The smallest absolute Gasteiger partial charge is 0.224 e. The van der Waals surface area contributed by atoms with E-state index in [0.717, 1.165) is 11.1 Å². The summed E-state index contributed by atoms with van der Waals surface area (Å²) in [6, 6.07) is 19.9. The lowest BCUT2D eigenvalue weighted by Crippen LogP contribution is -2.14. The number of anilines is 1. The average Bonchev–Trinajstić information content (AvgIpc) is 2.71. The van der Waals surface area contributed by atoms with Crippen LogP contribution in [0.2, 0.25) is 5.02 Å². The van der Waals surface area contributed by atoms with Crippen LogP contribution in [0.25, 0.3) is 0 Å². The van der Waals surface area contributed by atoms with Gasteiger partial charge in [-0.05, 0) is 61.4 Å². The Morgan fingerprint density at radius 1 is 0.897 bits per heavy atom. The van der Waals surface area contributed by atoms with Gasteiger partial charge in [0.25, 0.3) is 0 Å². The van der Waals surface area contributed by atoms with Crippen LogP contribution < -0.4 is 10.1 Å². The van der Waals surface area contributed by atoms with Crippen molar-refractivity contribution in [1.82, 2.24) is 0 Å². The molecule has 148 valence electrons. The number of carbonyl (C=O) groups is 2. The van der Waals surface area contributed by atoms with Crippen molar-refractivity contribution in [1.29, 1.82) is 0 Å². The third-order valence-corrected chi connectivity index (χ3v) is 4.83. The molecular weight excluding hydrogens is 386 g/mol. The predicted molar refractivity (Wildman–Crippen MR) is 116 cm³/mol. The van der Waals surface area contributed by atoms with Gasteiger partial charge in [-0.15, -0.1) is 0 Å². The lowest BCUT2D eigenvalue weighted by atomic mass is 10.0.